The van der Waals surface area contributed by atoms with Crippen LogP contribution in [-0.4, -0.2) is 45.9 Å². The molecule has 2 aromatic rings. The van der Waals surface area contributed by atoms with Crippen molar-refractivity contribution in [3.05, 3.63) is 54.4 Å². The number of para-hydroxylation sites is 1. The van der Waals surface area contributed by atoms with E-state index < -0.39 is 0 Å². The fourth-order valence-electron chi connectivity index (χ4n) is 3.47. The zero-order chi connectivity index (χ0) is 17.2. The second kappa shape index (κ2) is 6.55. The number of fused-ring (bicyclic) bond motifs is 1. The molecule has 1 aromatic heterocycles. The van der Waals surface area contributed by atoms with Crippen LogP contribution in [0.5, 0.6) is 11.5 Å². The highest BCUT2D eigenvalue weighted by Gasteiger charge is 2.39. The van der Waals surface area contributed by atoms with Gasteiger partial charge in [0.25, 0.3) is 5.91 Å². The van der Waals surface area contributed by atoms with Gasteiger partial charge in [0.05, 0.1) is 0 Å². The number of nitrogens with zero attached hydrogens (tertiary/aromatic N) is 3. The van der Waals surface area contributed by atoms with E-state index in [-0.39, 0.29) is 18.0 Å². The van der Waals surface area contributed by atoms with Crippen molar-refractivity contribution < 1.29 is 14.3 Å². The third-order valence-electron chi connectivity index (χ3n) is 4.66. The lowest BCUT2D eigenvalue weighted by Crippen LogP contribution is -2.55. The Labute approximate surface area is 146 Å². The Hall–Kier alpha value is -2.89. The summed E-state index contributed by atoms with van der Waals surface area (Å²) in [7, 11) is 0. The van der Waals surface area contributed by atoms with Gasteiger partial charge in [0.1, 0.15) is 23.4 Å². The van der Waals surface area contributed by atoms with Crippen molar-refractivity contribution in [1.29, 1.82) is 0 Å². The monoisotopic (exact) mass is 337 g/mol. The van der Waals surface area contributed by atoms with Gasteiger partial charge in [-0.2, -0.15) is 0 Å². The summed E-state index contributed by atoms with van der Waals surface area (Å²) in [6, 6.07) is 12.8. The lowest BCUT2D eigenvalue weighted by atomic mass is 10.2. The maximum atomic E-state index is 12.9. The van der Waals surface area contributed by atoms with Crippen molar-refractivity contribution in [2.45, 2.75) is 25.4 Å². The van der Waals surface area contributed by atoms with Crippen LogP contribution in [0.25, 0.3) is 0 Å². The molecule has 0 aliphatic carbocycles. The molecule has 2 saturated heterocycles. The fraction of sp³-hybridized carbons (Fsp3) is 0.316. The normalized spacial score (nSPS) is 19.7. The van der Waals surface area contributed by atoms with Crippen molar-refractivity contribution in [3.8, 4) is 11.5 Å². The van der Waals surface area contributed by atoms with Crippen LogP contribution < -0.4 is 4.74 Å². The Morgan fingerprint density at radius 1 is 1.12 bits per heavy atom. The zero-order valence-electron chi connectivity index (χ0n) is 13.8. The second-order valence-electron chi connectivity index (χ2n) is 6.25. The summed E-state index contributed by atoms with van der Waals surface area (Å²) in [6.07, 6.45) is 3.59. The van der Waals surface area contributed by atoms with E-state index in [0.717, 1.165) is 19.4 Å². The zero-order valence-corrected chi connectivity index (χ0v) is 13.8. The SMILES string of the molecule is O=C1CCN(C(=O)c2cc(Oc3ccccc3)ccn2)C2CCCN12. The highest BCUT2D eigenvalue weighted by Crippen LogP contribution is 2.28. The summed E-state index contributed by atoms with van der Waals surface area (Å²) in [5, 5.41) is 0. The fourth-order valence-corrected chi connectivity index (χ4v) is 3.47. The first kappa shape index (κ1) is 15.6. The molecule has 2 aliphatic rings. The maximum absolute atomic E-state index is 12.9. The smallest absolute Gasteiger partial charge is 0.274 e. The number of hydrogen-bond donors (Lipinski definition) is 0. The molecule has 0 spiro atoms. The average Bonchev–Trinajstić information content (AvgIpc) is 3.13. The molecule has 0 radical (unpaired) electrons. The molecule has 2 aliphatic heterocycles. The summed E-state index contributed by atoms with van der Waals surface area (Å²) in [6.45, 7) is 1.18. The molecule has 6 nitrogen and oxygen atoms in total. The number of rotatable bonds is 3. The molecule has 128 valence electrons. The molecule has 1 atom stereocenters. The van der Waals surface area contributed by atoms with E-state index in [1.165, 1.54) is 0 Å². The third-order valence-corrected chi connectivity index (χ3v) is 4.66. The van der Waals surface area contributed by atoms with Gasteiger partial charge in [0.2, 0.25) is 5.91 Å². The van der Waals surface area contributed by atoms with Crippen molar-refractivity contribution in [3.63, 3.8) is 0 Å². The highest BCUT2D eigenvalue weighted by atomic mass is 16.5. The summed E-state index contributed by atoms with van der Waals surface area (Å²) >= 11 is 0. The van der Waals surface area contributed by atoms with E-state index in [0.29, 0.717) is 30.2 Å². The molecule has 0 N–H and O–H groups in total. The first-order valence-electron chi connectivity index (χ1n) is 8.52. The van der Waals surface area contributed by atoms with Gasteiger partial charge in [-0.1, -0.05) is 18.2 Å². The van der Waals surface area contributed by atoms with Crippen LogP contribution in [0.15, 0.2) is 48.7 Å². The molecule has 0 saturated carbocycles. The van der Waals surface area contributed by atoms with Crippen molar-refractivity contribution in [2.24, 2.45) is 0 Å². The Kier molecular flexibility index (Phi) is 4.09. The first-order valence-corrected chi connectivity index (χ1v) is 8.52. The number of carbonyl (C=O) groups excluding carboxylic acids is 2. The van der Waals surface area contributed by atoms with E-state index in [2.05, 4.69) is 4.98 Å². The number of hydrogen-bond acceptors (Lipinski definition) is 4. The molecule has 25 heavy (non-hydrogen) atoms. The van der Waals surface area contributed by atoms with Gasteiger partial charge in [0, 0.05) is 31.8 Å². The Morgan fingerprint density at radius 2 is 1.96 bits per heavy atom. The molecule has 4 rings (SSSR count). The summed E-state index contributed by atoms with van der Waals surface area (Å²) in [5.74, 6) is 1.27. The number of ether oxygens (including phenoxy) is 1. The van der Waals surface area contributed by atoms with Gasteiger partial charge >= 0.3 is 0 Å². The van der Waals surface area contributed by atoms with Crippen LogP contribution >= 0.6 is 0 Å². The minimum atomic E-state index is -0.150. The van der Waals surface area contributed by atoms with Gasteiger partial charge in [0.15, 0.2) is 0 Å². The lowest BCUT2D eigenvalue weighted by Gasteiger charge is -2.39. The van der Waals surface area contributed by atoms with Crippen molar-refractivity contribution in [1.82, 2.24) is 14.8 Å². The molecule has 1 unspecified atom stereocenters. The van der Waals surface area contributed by atoms with E-state index in [1.54, 1.807) is 23.2 Å². The van der Waals surface area contributed by atoms with Crippen molar-refractivity contribution >= 4 is 11.8 Å². The van der Waals surface area contributed by atoms with Gasteiger partial charge in [-0.3, -0.25) is 14.6 Å². The van der Waals surface area contributed by atoms with E-state index in [1.807, 2.05) is 35.2 Å². The quantitative estimate of drug-likeness (QED) is 0.864. The van der Waals surface area contributed by atoms with Gasteiger partial charge < -0.3 is 14.5 Å². The molecule has 6 heteroatoms. The number of aromatic nitrogens is 1. The van der Waals surface area contributed by atoms with Crippen LogP contribution in [0.3, 0.4) is 0 Å². The molecule has 3 heterocycles. The number of pyridine rings is 1. The molecular weight excluding hydrogens is 318 g/mol. The second-order valence-corrected chi connectivity index (χ2v) is 6.25. The van der Waals surface area contributed by atoms with Crippen LogP contribution in [0.2, 0.25) is 0 Å². The Bertz CT molecular complexity index is 794. The minimum Gasteiger partial charge on any atom is -0.457 e. The minimum absolute atomic E-state index is 0.130. The lowest BCUT2D eigenvalue weighted by molar-refractivity contribution is -0.139. The topological polar surface area (TPSA) is 62.7 Å². The molecule has 2 fully saturated rings. The van der Waals surface area contributed by atoms with Gasteiger partial charge in [-0.25, -0.2) is 0 Å². The van der Waals surface area contributed by atoms with Gasteiger partial charge in [-0.05, 0) is 31.0 Å². The standard InChI is InChI=1S/C19H19N3O3/c23-18-9-12-22(17-7-4-11-21(17)18)19(24)16-13-15(8-10-20-16)25-14-5-2-1-3-6-14/h1-3,5-6,8,10,13,17H,4,7,9,11-12H2. The van der Waals surface area contributed by atoms with Crippen molar-refractivity contribution in [2.75, 3.05) is 13.1 Å². The predicted molar refractivity (Wildman–Crippen MR) is 91.1 cm³/mol. The average molecular weight is 337 g/mol. The maximum Gasteiger partial charge on any atom is 0.274 e. The Balaban J connectivity index is 1.54. The highest BCUT2D eigenvalue weighted by molar-refractivity contribution is 5.94. The van der Waals surface area contributed by atoms with E-state index in [4.69, 9.17) is 4.74 Å². The molecular formula is C19H19N3O3. The van der Waals surface area contributed by atoms with Crippen LogP contribution in [0.4, 0.5) is 0 Å². The number of amides is 2. The third kappa shape index (κ3) is 3.07. The largest absolute Gasteiger partial charge is 0.457 e. The molecule has 0 bridgehead atoms. The van der Waals surface area contributed by atoms with E-state index >= 15 is 0 Å². The van der Waals surface area contributed by atoms with Crippen LogP contribution in [-0.2, 0) is 4.79 Å². The van der Waals surface area contributed by atoms with Crippen LogP contribution in [0, 0.1) is 0 Å². The molecule has 2 amide bonds. The number of benzene rings is 1. The van der Waals surface area contributed by atoms with E-state index in [9.17, 15) is 9.59 Å². The van der Waals surface area contributed by atoms with Crippen LogP contribution in [0.1, 0.15) is 29.8 Å². The number of carbonyl (C=O) groups is 2. The Morgan fingerprint density at radius 3 is 2.80 bits per heavy atom. The first-order chi connectivity index (χ1) is 12.2. The summed E-state index contributed by atoms with van der Waals surface area (Å²) < 4.78 is 5.78. The predicted octanol–water partition coefficient (Wildman–Crippen LogP) is 2.67. The summed E-state index contributed by atoms with van der Waals surface area (Å²) in [5.41, 5.74) is 0.342. The van der Waals surface area contributed by atoms with Gasteiger partial charge in [-0.15, -0.1) is 0 Å². The summed E-state index contributed by atoms with van der Waals surface area (Å²) in [4.78, 5) is 32.7. The molecule has 1 aromatic carbocycles.